The molecule has 1 amide bonds. The molecule has 29 heavy (non-hydrogen) atoms. The Morgan fingerprint density at radius 2 is 1.59 bits per heavy atom. The molecular formula is C20H31NO7S. The van der Waals surface area contributed by atoms with Gasteiger partial charge >= 0.3 is 5.97 Å². The molecule has 0 aliphatic heterocycles. The lowest BCUT2D eigenvalue weighted by molar-refractivity contribution is -0.137. The number of methoxy groups -OCH3 is 2. The Bertz CT molecular complexity index is 754. The van der Waals surface area contributed by atoms with Crippen LogP contribution in [-0.2, 0) is 28.9 Å². The highest BCUT2D eigenvalue weighted by molar-refractivity contribution is 7.93. The zero-order chi connectivity index (χ0) is 22.1. The summed E-state index contributed by atoms with van der Waals surface area (Å²) in [7, 11) is -0.989. The SMILES string of the molecule is COCCN(CCOC)C(=O)C(C)(C)S(=O)(=O)CC(CC(=O)O)c1ccccc1. The van der Waals surface area contributed by atoms with Crippen molar-refractivity contribution in [3.8, 4) is 0 Å². The molecule has 0 saturated heterocycles. The topological polar surface area (TPSA) is 110 Å². The number of rotatable bonds is 13. The molecule has 0 fully saturated rings. The summed E-state index contributed by atoms with van der Waals surface area (Å²) in [6, 6.07) is 8.62. The van der Waals surface area contributed by atoms with Gasteiger partial charge in [0.1, 0.15) is 4.75 Å². The number of carbonyl (C=O) groups is 2. The molecule has 1 N–H and O–H groups in total. The second-order valence-corrected chi connectivity index (χ2v) is 9.86. The van der Waals surface area contributed by atoms with E-state index in [0.717, 1.165) is 0 Å². The molecule has 1 atom stereocenters. The second-order valence-electron chi connectivity index (χ2n) is 7.27. The standard InChI is InChI=1S/C20H31NO7S/c1-20(2,19(24)21(10-12-27-3)11-13-28-4)29(25,26)15-17(14-18(22)23)16-8-6-5-7-9-16/h5-9,17H,10-15H2,1-4H3,(H,22,23). The molecule has 0 aliphatic rings. The van der Waals surface area contributed by atoms with Gasteiger partial charge in [-0.15, -0.1) is 0 Å². The molecule has 9 heteroatoms. The number of benzene rings is 1. The molecular weight excluding hydrogens is 398 g/mol. The number of carbonyl (C=O) groups excluding carboxylic acids is 1. The smallest absolute Gasteiger partial charge is 0.303 e. The van der Waals surface area contributed by atoms with E-state index in [4.69, 9.17) is 9.47 Å². The van der Waals surface area contributed by atoms with Crippen LogP contribution in [0.25, 0.3) is 0 Å². The highest BCUT2D eigenvalue weighted by Gasteiger charge is 2.45. The third-order valence-electron chi connectivity index (χ3n) is 4.82. The van der Waals surface area contributed by atoms with Gasteiger partial charge in [-0.25, -0.2) is 8.42 Å². The van der Waals surface area contributed by atoms with Gasteiger partial charge in [-0.05, 0) is 19.4 Å². The minimum absolute atomic E-state index is 0.231. The van der Waals surface area contributed by atoms with E-state index in [1.165, 1.54) is 33.0 Å². The number of carboxylic acids is 1. The number of sulfone groups is 1. The zero-order valence-electron chi connectivity index (χ0n) is 17.5. The summed E-state index contributed by atoms with van der Waals surface area (Å²) in [4.78, 5) is 25.8. The van der Waals surface area contributed by atoms with Crippen molar-refractivity contribution < 1.29 is 32.6 Å². The molecule has 0 radical (unpaired) electrons. The first-order valence-corrected chi connectivity index (χ1v) is 11.0. The monoisotopic (exact) mass is 429 g/mol. The summed E-state index contributed by atoms with van der Waals surface area (Å²) in [5, 5.41) is 9.24. The van der Waals surface area contributed by atoms with Crippen LogP contribution in [0.5, 0.6) is 0 Å². The van der Waals surface area contributed by atoms with Gasteiger partial charge in [0.05, 0.1) is 25.4 Å². The van der Waals surface area contributed by atoms with Crippen LogP contribution < -0.4 is 0 Å². The molecule has 0 aliphatic carbocycles. The van der Waals surface area contributed by atoms with Crippen LogP contribution in [0.2, 0.25) is 0 Å². The highest BCUT2D eigenvalue weighted by atomic mass is 32.2. The van der Waals surface area contributed by atoms with Crippen molar-refractivity contribution in [3.63, 3.8) is 0 Å². The van der Waals surface area contributed by atoms with Crippen LogP contribution in [0.1, 0.15) is 31.7 Å². The number of hydrogen-bond acceptors (Lipinski definition) is 6. The van der Waals surface area contributed by atoms with Crippen LogP contribution in [0.3, 0.4) is 0 Å². The van der Waals surface area contributed by atoms with Crippen LogP contribution in [0.15, 0.2) is 30.3 Å². The summed E-state index contributed by atoms with van der Waals surface area (Å²) in [5.41, 5.74) is 0.609. The fraction of sp³-hybridized carbons (Fsp3) is 0.600. The highest BCUT2D eigenvalue weighted by Crippen LogP contribution is 2.28. The van der Waals surface area contributed by atoms with Crippen molar-refractivity contribution in [2.45, 2.75) is 30.9 Å². The first-order valence-electron chi connectivity index (χ1n) is 9.33. The van der Waals surface area contributed by atoms with Gasteiger partial charge in [-0.1, -0.05) is 30.3 Å². The van der Waals surface area contributed by atoms with Gasteiger partial charge < -0.3 is 19.5 Å². The number of nitrogens with zero attached hydrogens (tertiary/aromatic N) is 1. The number of amides is 1. The average molecular weight is 430 g/mol. The summed E-state index contributed by atoms with van der Waals surface area (Å²) in [5.74, 6) is -2.85. The van der Waals surface area contributed by atoms with E-state index in [0.29, 0.717) is 5.56 Å². The molecule has 8 nitrogen and oxygen atoms in total. The van der Waals surface area contributed by atoms with Gasteiger partial charge in [0.2, 0.25) is 5.91 Å². The van der Waals surface area contributed by atoms with Gasteiger partial charge in [0.15, 0.2) is 9.84 Å². The lowest BCUT2D eigenvalue weighted by Gasteiger charge is -2.32. The van der Waals surface area contributed by atoms with E-state index >= 15 is 0 Å². The van der Waals surface area contributed by atoms with E-state index in [2.05, 4.69) is 0 Å². The maximum Gasteiger partial charge on any atom is 0.303 e. The lowest BCUT2D eigenvalue weighted by atomic mass is 9.98. The summed E-state index contributed by atoms with van der Waals surface area (Å²) >= 11 is 0. The molecule has 1 aromatic rings. The summed E-state index contributed by atoms with van der Waals surface area (Å²) < 4.78 is 34.7. The normalized spacial score (nSPS) is 13.1. The third-order valence-corrected chi connectivity index (χ3v) is 7.39. The fourth-order valence-electron chi connectivity index (χ4n) is 2.91. The van der Waals surface area contributed by atoms with E-state index in [1.807, 2.05) is 0 Å². The predicted octanol–water partition coefficient (Wildman–Crippen LogP) is 1.56. The second kappa shape index (κ2) is 11.3. The van der Waals surface area contributed by atoms with Crippen LogP contribution in [-0.4, -0.2) is 81.3 Å². The molecule has 0 aromatic heterocycles. The van der Waals surface area contributed by atoms with Crippen molar-refractivity contribution in [3.05, 3.63) is 35.9 Å². The minimum atomic E-state index is -3.98. The summed E-state index contributed by atoms with van der Waals surface area (Å²) in [6.45, 7) is 3.71. The third kappa shape index (κ3) is 7.09. The Balaban J connectivity index is 3.13. The average Bonchev–Trinajstić information content (AvgIpc) is 2.67. The molecule has 1 rings (SSSR count). The molecule has 1 unspecified atom stereocenters. The van der Waals surface area contributed by atoms with E-state index in [-0.39, 0.29) is 32.7 Å². The number of carboxylic acid groups (broad SMARTS) is 1. The zero-order valence-corrected chi connectivity index (χ0v) is 18.3. The van der Waals surface area contributed by atoms with Crippen molar-refractivity contribution in [2.24, 2.45) is 0 Å². The van der Waals surface area contributed by atoms with E-state index in [1.54, 1.807) is 30.3 Å². The Hall–Kier alpha value is -1.97. The Morgan fingerprint density at radius 3 is 2.03 bits per heavy atom. The quantitative estimate of drug-likeness (QED) is 0.507. The predicted molar refractivity (Wildman–Crippen MR) is 110 cm³/mol. The molecule has 0 saturated carbocycles. The van der Waals surface area contributed by atoms with Crippen molar-refractivity contribution in [2.75, 3.05) is 46.3 Å². The molecule has 164 valence electrons. The van der Waals surface area contributed by atoms with Crippen LogP contribution in [0, 0.1) is 0 Å². The van der Waals surface area contributed by atoms with Gasteiger partial charge in [0.25, 0.3) is 0 Å². The van der Waals surface area contributed by atoms with Gasteiger partial charge in [-0.3, -0.25) is 9.59 Å². The first-order chi connectivity index (χ1) is 13.6. The first kappa shape index (κ1) is 25.1. The summed E-state index contributed by atoms with van der Waals surface area (Å²) in [6.07, 6.45) is -0.343. The molecule has 0 heterocycles. The Kier molecular flexibility index (Phi) is 9.75. The Morgan fingerprint density at radius 1 is 1.07 bits per heavy atom. The van der Waals surface area contributed by atoms with Crippen LogP contribution >= 0.6 is 0 Å². The molecule has 0 bridgehead atoms. The molecule has 0 spiro atoms. The van der Waals surface area contributed by atoms with Gasteiger partial charge in [-0.2, -0.15) is 0 Å². The van der Waals surface area contributed by atoms with E-state index in [9.17, 15) is 23.1 Å². The fourth-order valence-corrected chi connectivity index (χ4v) is 4.57. The Labute approximate surface area is 172 Å². The van der Waals surface area contributed by atoms with Gasteiger partial charge in [0, 0.05) is 33.2 Å². The minimum Gasteiger partial charge on any atom is -0.481 e. The molecule has 1 aromatic carbocycles. The largest absolute Gasteiger partial charge is 0.481 e. The van der Waals surface area contributed by atoms with Crippen LogP contribution in [0.4, 0.5) is 0 Å². The lowest BCUT2D eigenvalue weighted by Crippen LogP contribution is -2.52. The maximum atomic E-state index is 13.2. The maximum absolute atomic E-state index is 13.2. The number of aliphatic carboxylic acids is 1. The number of ether oxygens (including phenoxy) is 2. The van der Waals surface area contributed by atoms with Crippen molar-refractivity contribution in [1.82, 2.24) is 4.90 Å². The van der Waals surface area contributed by atoms with Crippen molar-refractivity contribution >= 4 is 21.7 Å². The number of hydrogen-bond donors (Lipinski definition) is 1. The van der Waals surface area contributed by atoms with E-state index < -0.39 is 38.1 Å². The van der Waals surface area contributed by atoms with Crippen molar-refractivity contribution in [1.29, 1.82) is 0 Å².